The molecule has 1 aromatic carbocycles. The number of rotatable bonds is 2. The van der Waals surface area contributed by atoms with E-state index < -0.39 is 18.2 Å². The quantitative estimate of drug-likeness (QED) is 0.699. The number of β-amino-alcohol motifs (C(OH)–C–C–N with tert-alkyl or cyclic N) is 2. The van der Waals surface area contributed by atoms with Gasteiger partial charge in [-0.25, -0.2) is 4.39 Å². The van der Waals surface area contributed by atoms with Gasteiger partial charge in [0.2, 0.25) is 0 Å². The Kier molecular flexibility index (Phi) is 3.33. The summed E-state index contributed by atoms with van der Waals surface area (Å²) in [5, 5.41) is 19.0. The molecule has 5 heteroatoms. The van der Waals surface area contributed by atoms with Gasteiger partial charge in [0, 0.05) is 30.4 Å². The predicted molar refractivity (Wildman–Crippen MR) is 63.2 cm³/mol. The van der Waals surface area contributed by atoms with Crippen LogP contribution in [0.5, 0.6) is 0 Å². The SMILES string of the molecule is C[C@H](N)c1c(F)cccc1N1CC(O)C(O)C1. The van der Waals surface area contributed by atoms with Gasteiger partial charge in [-0.05, 0) is 19.1 Å². The van der Waals surface area contributed by atoms with Crippen molar-refractivity contribution in [1.82, 2.24) is 0 Å². The maximum atomic E-state index is 13.7. The Morgan fingerprint density at radius 1 is 1.35 bits per heavy atom. The van der Waals surface area contributed by atoms with Crippen molar-refractivity contribution in [3.05, 3.63) is 29.6 Å². The minimum atomic E-state index is -0.792. The molecule has 0 aliphatic carbocycles. The molecule has 1 aromatic rings. The molecule has 1 saturated heterocycles. The molecule has 0 saturated carbocycles. The standard InChI is InChI=1S/C12H17FN2O2/c1-7(14)12-8(13)3-2-4-9(12)15-5-10(16)11(17)6-15/h2-4,7,10-11,16-17H,5-6,14H2,1H3/t7-,10?,11?/m0/s1. The molecule has 17 heavy (non-hydrogen) atoms. The van der Waals surface area contributed by atoms with Crippen LogP contribution < -0.4 is 10.6 Å². The van der Waals surface area contributed by atoms with E-state index in [0.717, 1.165) is 0 Å². The number of hydrogen-bond donors (Lipinski definition) is 3. The van der Waals surface area contributed by atoms with E-state index in [1.54, 1.807) is 24.0 Å². The molecule has 0 spiro atoms. The molecule has 0 radical (unpaired) electrons. The Morgan fingerprint density at radius 2 is 1.94 bits per heavy atom. The van der Waals surface area contributed by atoms with E-state index >= 15 is 0 Å². The van der Waals surface area contributed by atoms with Crippen molar-refractivity contribution in [2.24, 2.45) is 5.73 Å². The fourth-order valence-corrected chi connectivity index (χ4v) is 2.22. The van der Waals surface area contributed by atoms with Crippen LogP contribution in [0.25, 0.3) is 0 Å². The Hall–Kier alpha value is -1.17. The molecule has 94 valence electrons. The van der Waals surface area contributed by atoms with Crippen LogP contribution in [0, 0.1) is 5.82 Å². The summed E-state index contributed by atoms with van der Waals surface area (Å²) in [7, 11) is 0. The molecular formula is C12H17FN2O2. The van der Waals surface area contributed by atoms with Crippen LogP contribution in [0.3, 0.4) is 0 Å². The average molecular weight is 240 g/mol. The van der Waals surface area contributed by atoms with Gasteiger partial charge < -0.3 is 20.8 Å². The van der Waals surface area contributed by atoms with Gasteiger partial charge in [-0.15, -0.1) is 0 Å². The summed E-state index contributed by atoms with van der Waals surface area (Å²) in [4.78, 5) is 1.76. The van der Waals surface area contributed by atoms with Gasteiger partial charge in [-0.1, -0.05) is 6.07 Å². The minimum absolute atomic E-state index is 0.296. The highest BCUT2D eigenvalue weighted by Gasteiger charge is 2.31. The molecule has 0 aromatic heterocycles. The van der Waals surface area contributed by atoms with Gasteiger partial charge >= 0.3 is 0 Å². The van der Waals surface area contributed by atoms with Crippen LogP contribution in [-0.2, 0) is 0 Å². The Morgan fingerprint density at radius 3 is 2.47 bits per heavy atom. The van der Waals surface area contributed by atoms with Gasteiger partial charge in [-0.2, -0.15) is 0 Å². The Balaban J connectivity index is 2.36. The van der Waals surface area contributed by atoms with Crippen LogP contribution in [-0.4, -0.2) is 35.5 Å². The second kappa shape index (κ2) is 4.60. The lowest BCUT2D eigenvalue weighted by molar-refractivity contribution is 0.0572. The number of aliphatic hydroxyl groups excluding tert-OH is 2. The van der Waals surface area contributed by atoms with E-state index in [0.29, 0.717) is 24.3 Å². The average Bonchev–Trinajstić information content (AvgIpc) is 2.58. The second-order valence-electron chi connectivity index (χ2n) is 4.50. The summed E-state index contributed by atoms with van der Waals surface area (Å²) in [6.07, 6.45) is -1.58. The minimum Gasteiger partial charge on any atom is -0.389 e. The summed E-state index contributed by atoms with van der Waals surface area (Å²) in [5.41, 5.74) is 6.83. The molecule has 1 fully saturated rings. The van der Waals surface area contributed by atoms with E-state index in [4.69, 9.17) is 5.73 Å². The number of nitrogens with two attached hydrogens (primary N) is 1. The molecule has 0 bridgehead atoms. The summed E-state index contributed by atoms with van der Waals surface area (Å²) in [6, 6.07) is 4.30. The maximum Gasteiger partial charge on any atom is 0.130 e. The molecule has 1 heterocycles. The van der Waals surface area contributed by atoms with E-state index in [-0.39, 0.29) is 5.82 Å². The summed E-state index contributed by atoms with van der Waals surface area (Å²) >= 11 is 0. The lowest BCUT2D eigenvalue weighted by Gasteiger charge is -2.23. The zero-order valence-corrected chi connectivity index (χ0v) is 9.68. The fraction of sp³-hybridized carbons (Fsp3) is 0.500. The van der Waals surface area contributed by atoms with Crippen molar-refractivity contribution >= 4 is 5.69 Å². The first kappa shape index (κ1) is 12.3. The first-order valence-corrected chi connectivity index (χ1v) is 5.65. The summed E-state index contributed by atoms with van der Waals surface area (Å²) in [6.45, 7) is 2.31. The predicted octanol–water partition coefficient (Wildman–Crippen LogP) is 0.387. The van der Waals surface area contributed by atoms with E-state index in [1.165, 1.54) is 6.07 Å². The number of halogens is 1. The van der Waals surface area contributed by atoms with Crippen LogP contribution in [0.1, 0.15) is 18.5 Å². The number of nitrogens with zero attached hydrogens (tertiary/aromatic N) is 1. The molecule has 4 N–H and O–H groups in total. The normalized spacial score (nSPS) is 26.3. The maximum absolute atomic E-state index is 13.7. The second-order valence-corrected chi connectivity index (χ2v) is 4.50. The summed E-state index contributed by atoms with van der Waals surface area (Å²) in [5.74, 6) is -0.353. The van der Waals surface area contributed by atoms with Gasteiger partial charge in [-0.3, -0.25) is 0 Å². The molecule has 1 aliphatic heterocycles. The highest BCUT2D eigenvalue weighted by molar-refractivity contribution is 5.56. The number of hydrogen-bond acceptors (Lipinski definition) is 4. The zero-order valence-electron chi connectivity index (χ0n) is 9.68. The molecular weight excluding hydrogens is 223 g/mol. The van der Waals surface area contributed by atoms with E-state index in [2.05, 4.69) is 0 Å². The molecule has 0 amide bonds. The monoisotopic (exact) mass is 240 g/mol. The summed E-state index contributed by atoms with van der Waals surface area (Å²) < 4.78 is 13.7. The van der Waals surface area contributed by atoms with Gasteiger partial charge in [0.1, 0.15) is 5.82 Å². The zero-order chi connectivity index (χ0) is 12.6. The fourth-order valence-electron chi connectivity index (χ4n) is 2.22. The third kappa shape index (κ3) is 2.26. The topological polar surface area (TPSA) is 69.7 Å². The van der Waals surface area contributed by atoms with Gasteiger partial charge in [0.25, 0.3) is 0 Å². The van der Waals surface area contributed by atoms with Crippen LogP contribution in [0.15, 0.2) is 18.2 Å². The van der Waals surface area contributed by atoms with Crippen molar-refractivity contribution in [2.75, 3.05) is 18.0 Å². The van der Waals surface area contributed by atoms with Crippen LogP contribution in [0.4, 0.5) is 10.1 Å². The van der Waals surface area contributed by atoms with Crippen molar-refractivity contribution in [1.29, 1.82) is 0 Å². The lowest BCUT2D eigenvalue weighted by Crippen LogP contribution is -2.24. The van der Waals surface area contributed by atoms with E-state index in [1.807, 2.05) is 0 Å². The number of aliphatic hydroxyl groups is 2. The van der Waals surface area contributed by atoms with E-state index in [9.17, 15) is 14.6 Å². The molecule has 2 rings (SSSR count). The third-order valence-corrected chi connectivity index (χ3v) is 3.08. The van der Waals surface area contributed by atoms with Gasteiger partial charge in [0.15, 0.2) is 0 Å². The van der Waals surface area contributed by atoms with Gasteiger partial charge in [0.05, 0.1) is 12.2 Å². The Bertz CT molecular complexity index is 401. The Labute approximate surface area is 99.5 Å². The number of anilines is 1. The van der Waals surface area contributed by atoms with Crippen molar-refractivity contribution in [2.45, 2.75) is 25.2 Å². The first-order chi connectivity index (χ1) is 8.00. The highest BCUT2D eigenvalue weighted by Crippen LogP contribution is 2.30. The molecule has 1 aliphatic rings. The lowest BCUT2D eigenvalue weighted by atomic mass is 10.1. The van der Waals surface area contributed by atoms with Crippen molar-refractivity contribution in [3.8, 4) is 0 Å². The molecule has 4 nitrogen and oxygen atoms in total. The molecule has 2 unspecified atom stereocenters. The van der Waals surface area contributed by atoms with Crippen molar-refractivity contribution in [3.63, 3.8) is 0 Å². The largest absolute Gasteiger partial charge is 0.389 e. The van der Waals surface area contributed by atoms with Crippen LogP contribution >= 0.6 is 0 Å². The smallest absolute Gasteiger partial charge is 0.130 e. The first-order valence-electron chi connectivity index (χ1n) is 5.65. The van der Waals surface area contributed by atoms with Crippen LogP contribution in [0.2, 0.25) is 0 Å². The molecule has 3 atom stereocenters. The number of benzene rings is 1. The van der Waals surface area contributed by atoms with Crippen molar-refractivity contribution < 1.29 is 14.6 Å². The highest BCUT2D eigenvalue weighted by atomic mass is 19.1. The third-order valence-electron chi connectivity index (χ3n) is 3.08.